The number of nitriles is 1. The molecule has 0 spiro atoms. The van der Waals surface area contributed by atoms with E-state index in [-0.39, 0.29) is 17.0 Å². The summed E-state index contributed by atoms with van der Waals surface area (Å²) in [7, 11) is 3.69. The van der Waals surface area contributed by atoms with Crippen LogP contribution in [0.15, 0.2) is 47.9 Å². The number of hydrogen-bond acceptors (Lipinski definition) is 4. The SMILES string of the molecule is CN(C)c1ccc2c(c1)OC(N)=C(C#N)C2c1ccc(Cl)c(C(F)(F)F)c1. The van der Waals surface area contributed by atoms with Crippen molar-refractivity contribution in [1.29, 1.82) is 5.26 Å². The smallest absolute Gasteiger partial charge is 0.417 e. The number of benzene rings is 2. The Hall–Kier alpha value is -2.85. The Balaban J connectivity index is 2.22. The van der Waals surface area contributed by atoms with Crippen LogP contribution in [0.4, 0.5) is 18.9 Å². The van der Waals surface area contributed by atoms with Gasteiger partial charge in [0.2, 0.25) is 5.88 Å². The fourth-order valence-electron chi connectivity index (χ4n) is 3.00. The first kappa shape index (κ1) is 18.9. The van der Waals surface area contributed by atoms with Gasteiger partial charge < -0.3 is 15.4 Å². The molecule has 4 nitrogen and oxygen atoms in total. The molecule has 27 heavy (non-hydrogen) atoms. The van der Waals surface area contributed by atoms with Crippen LogP contribution in [0.2, 0.25) is 5.02 Å². The van der Waals surface area contributed by atoms with E-state index in [1.54, 1.807) is 18.2 Å². The minimum Gasteiger partial charge on any atom is -0.440 e. The Kier molecular flexibility index (Phi) is 4.70. The van der Waals surface area contributed by atoms with Gasteiger partial charge in [0.1, 0.15) is 17.4 Å². The molecule has 2 aromatic rings. The highest BCUT2D eigenvalue weighted by Gasteiger charge is 2.36. The molecule has 0 fully saturated rings. The molecule has 140 valence electrons. The van der Waals surface area contributed by atoms with E-state index in [1.165, 1.54) is 12.1 Å². The Labute approximate surface area is 159 Å². The summed E-state index contributed by atoms with van der Waals surface area (Å²) in [5.41, 5.74) is 6.62. The third kappa shape index (κ3) is 3.40. The van der Waals surface area contributed by atoms with Gasteiger partial charge in [-0.3, -0.25) is 0 Å². The quantitative estimate of drug-likeness (QED) is 0.807. The molecule has 1 aliphatic rings. The molecule has 0 saturated carbocycles. The van der Waals surface area contributed by atoms with Crippen molar-refractivity contribution in [3.8, 4) is 11.8 Å². The van der Waals surface area contributed by atoms with Crippen molar-refractivity contribution in [3.05, 3.63) is 69.6 Å². The molecule has 8 heteroatoms. The van der Waals surface area contributed by atoms with Gasteiger partial charge in [-0.1, -0.05) is 23.7 Å². The Bertz CT molecular complexity index is 977. The highest BCUT2D eigenvalue weighted by atomic mass is 35.5. The lowest BCUT2D eigenvalue weighted by molar-refractivity contribution is -0.137. The normalized spacial score (nSPS) is 16.4. The van der Waals surface area contributed by atoms with Crippen molar-refractivity contribution < 1.29 is 17.9 Å². The summed E-state index contributed by atoms with van der Waals surface area (Å²) in [6, 6.07) is 10.8. The summed E-state index contributed by atoms with van der Waals surface area (Å²) >= 11 is 5.72. The predicted molar refractivity (Wildman–Crippen MR) is 96.5 cm³/mol. The molecule has 0 radical (unpaired) electrons. The van der Waals surface area contributed by atoms with Gasteiger partial charge in [-0.05, 0) is 23.8 Å². The van der Waals surface area contributed by atoms with Crippen LogP contribution < -0.4 is 15.4 Å². The number of alkyl halides is 3. The number of rotatable bonds is 2. The topological polar surface area (TPSA) is 62.3 Å². The molecule has 1 aliphatic heterocycles. The largest absolute Gasteiger partial charge is 0.440 e. The monoisotopic (exact) mass is 393 g/mol. The van der Waals surface area contributed by atoms with Crippen LogP contribution in [0.5, 0.6) is 5.75 Å². The number of hydrogen-bond donors (Lipinski definition) is 1. The Morgan fingerprint density at radius 1 is 1.19 bits per heavy atom. The van der Waals surface area contributed by atoms with Crippen molar-refractivity contribution >= 4 is 17.3 Å². The van der Waals surface area contributed by atoms with E-state index in [0.717, 1.165) is 11.8 Å². The van der Waals surface area contributed by atoms with E-state index in [9.17, 15) is 18.4 Å². The standard InChI is InChI=1S/C19H15ClF3N3O/c1-26(2)11-4-5-12-16(8-11)27-18(25)13(9-24)17(12)10-3-6-15(20)14(7-10)19(21,22)23/h3-8,17H,25H2,1-2H3. The number of fused-ring (bicyclic) bond motifs is 1. The van der Waals surface area contributed by atoms with Gasteiger partial charge in [0.05, 0.1) is 16.5 Å². The number of nitrogens with zero attached hydrogens (tertiary/aromatic N) is 2. The Morgan fingerprint density at radius 3 is 2.48 bits per heavy atom. The summed E-state index contributed by atoms with van der Waals surface area (Å²) in [6.45, 7) is 0. The molecule has 1 heterocycles. The summed E-state index contributed by atoms with van der Waals surface area (Å²) in [5, 5.41) is 9.12. The number of allylic oxidation sites excluding steroid dienone is 1. The van der Waals surface area contributed by atoms with Gasteiger partial charge in [0, 0.05) is 31.4 Å². The fourth-order valence-corrected chi connectivity index (χ4v) is 3.23. The first-order chi connectivity index (χ1) is 12.6. The molecular weight excluding hydrogens is 379 g/mol. The maximum absolute atomic E-state index is 13.3. The zero-order valence-electron chi connectivity index (χ0n) is 14.4. The molecule has 0 aromatic heterocycles. The van der Waals surface area contributed by atoms with E-state index in [4.69, 9.17) is 22.1 Å². The van der Waals surface area contributed by atoms with E-state index in [2.05, 4.69) is 0 Å². The van der Waals surface area contributed by atoms with Crippen LogP contribution >= 0.6 is 11.6 Å². The predicted octanol–water partition coefficient (Wildman–Crippen LogP) is 4.64. The number of halogens is 4. The highest BCUT2D eigenvalue weighted by molar-refractivity contribution is 6.31. The lowest BCUT2D eigenvalue weighted by Gasteiger charge is -2.28. The van der Waals surface area contributed by atoms with Crippen molar-refractivity contribution in [1.82, 2.24) is 0 Å². The molecule has 2 N–H and O–H groups in total. The second kappa shape index (κ2) is 6.71. The van der Waals surface area contributed by atoms with Crippen LogP contribution in [0.1, 0.15) is 22.6 Å². The number of ether oxygens (including phenoxy) is 1. The third-order valence-electron chi connectivity index (χ3n) is 4.35. The zero-order valence-corrected chi connectivity index (χ0v) is 15.2. The van der Waals surface area contributed by atoms with E-state index in [0.29, 0.717) is 11.3 Å². The minimum atomic E-state index is -4.61. The summed E-state index contributed by atoms with van der Waals surface area (Å²) in [4.78, 5) is 1.85. The van der Waals surface area contributed by atoms with Gasteiger partial charge in [-0.25, -0.2) is 0 Å². The zero-order chi connectivity index (χ0) is 19.9. The molecule has 1 unspecified atom stereocenters. The highest BCUT2D eigenvalue weighted by Crippen LogP contribution is 2.45. The average molecular weight is 394 g/mol. The van der Waals surface area contributed by atoms with Gasteiger partial charge in [0.15, 0.2) is 0 Å². The van der Waals surface area contributed by atoms with Crippen molar-refractivity contribution in [2.24, 2.45) is 5.73 Å². The van der Waals surface area contributed by atoms with E-state index >= 15 is 0 Å². The third-order valence-corrected chi connectivity index (χ3v) is 4.68. The van der Waals surface area contributed by atoms with Crippen molar-refractivity contribution in [3.63, 3.8) is 0 Å². The summed E-state index contributed by atoms with van der Waals surface area (Å²) in [5.74, 6) is -0.519. The van der Waals surface area contributed by atoms with Gasteiger partial charge in [-0.15, -0.1) is 0 Å². The molecule has 3 rings (SSSR count). The van der Waals surface area contributed by atoms with Crippen LogP contribution in [0, 0.1) is 11.3 Å². The van der Waals surface area contributed by atoms with Crippen molar-refractivity contribution in [2.45, 2.75) is 12.1 Å². The average Bonchev–Trinajstić information content (AvgIpc) is 2.59. The molecule has 0 bridgehead atoms. The van der Waals surface area contributed by atoms with E-state index < -0.39 is 22.7 Å². The Morgan fingerprint density at radius 2 is 1.89 bits per heavy atom. The molecule has 1 atom stereocenters. The fraction of sp³-hybridized carbons (Fsp3) is 0.211. The lowest BCUT2D eigenvalue weighted by Crippen LogP contribution is -2.22. The second-order valence-electron chi connectivity index (χ2n) is 6.28. The van der Waals surface area contributed by atoms with E-state index in [1.807, 2.05) is 25.1 Å². The maximum atomic E-state index is 13.3. The molecule has 0 amide bonds. The van der Waals surface area contributed by atoms with Crippen LogP contribution in [-0.2, 0) is 6.18 Å². The van der Waals surface area contributed by atoms with Crippen LogP contribution in [-0.4, -0.2) is 14.1 Å². The maximum Gasteiger partial charge on any atom is 0.417 e. The second-order valence-corrected chi connectivity index (χ2v) is 6.69. The molecular formula is C19H15ClF3N3O. The van der Waals surface area contributed by atoms with Gasteiger partial charge in [-0.2, -0.15) is 18.4 Å². The number of nitrogens with two attached hydrogens (primary N) is 1. The molecule has 0 aliphatic carbocycles. The van der Waals surface area contributed by atoms with Crippen molar-refractivity contribution in [2.75, 3.05) is 19.0 Å². The first-order valence-corrected chi connectivity index (χ1v) is 8.26. The van der Waals surface area contributed by atoms with Gasteiger partial charge in [0.25, 0.3) is 0 Å². The van der Waals surface area contributed by atoms with Crippen LogP contribution in [0.25, 0.3) is 0 Å². The first-order valence-electron chi connectivity index (χ1n) is 7.89. The summed E-state index contributed by atoms with van der Waals surface area (Å²) in [6.07, 6.45) is -4.61. The van der Waals surface area contributed by atoms with Crippen LogP contribution in [0.3, 0.4) is 0 Å². The molecule has 2 aromatic carbocycles. The van der Waals surface area contributed by atoms with Gasteiger partial charge >= 0.3 is 6.18 Å². The molecule has 0 saturated heterocycles. The lowest BCUT2D eigenvalue weighted by atomic mass is 9.83. The minimum absolute atomic E-state index is 0.0514. The number of anilines is 1. The summed E-state index contributed by atoms with van der Waals surface area (Å²) < 4.78 is 45.4.